The lowest BCUT2D eigenvalue weighted by Gasteiger charge is -2.29. The Hall–Kier alpha value is -2.68. The zero-order chi connectivity index (χ0) is 21.1. The molecule has 0 spiro atoms. The van der Waals surface area contributed by atoms with Crippen LogP contribution < -0.4 is 0 Å². The van der Waals surface area contributed by atoms with Crippen molar-refractivity contribution in [2.45, 2.75) is 18.6 Å². The first-order valence-electron chi connectivity index (χ1n) is 9.24. The van der Waals surface area contributed by atoms with E-state index < -0.39 is 18.2 Å². The molecule has 2 rings (SSSR count). The largest absolute Gasteiger partial charge is 0.465 e. The maximum Gasteiger partial charge on any atom is 0.373 e. The summed E-state index contributed by atoms with van der Waals surface area (Å²) in [6.07, 6.45) is 2.95. The fourth-order valence-electron chi connectivity index (χ4n) is 2.73. The predicted molar refractivity (Wildman–Crippen MR) is 103 cm³/mol. The summed E-state index contributed by atoms with van der Waals surface area (Å²) in [6.45, 7) is 4.28. The summed E-state index contributed by atoms with van der Waals surface area (Å²) in [6, 6.07) is 6.93. The molecule has 0 amide bonds. The van der Waals surface area contributed by atoms with Crippen molar-refractivity contribution < 1.29 is 38.4 Å². The maximum atomic E-state index is 12.2. The number of aliphatic hydroxyl groups excluding tert-OH is 1. The molecular formula is C21H26O8. The number of carbonyl (C=O) groups excluding carboxylic acids is 2. The monoisotopic (exact) mass is 406 g/mol. The summed E-state index contributed by atoms with van der Waals surface area (Å²) in [4.78, 5) is 23.9. The van der Waals surface area contributed by atoms with Crippen LogP contribution in [0.1, 0.15) is 28.3 Å². The van der Waals surface area contributed by atoms with E-state index in [0.29, 0.717) is 18.6 Å². The van der Waals surface area contributed by atoms with Gasteiger partial charge in [-0.1, -0.05) is 24.8 Å². The topological polar surface area (TPSA) is 101 Å². The number of carbonyl (C=O) groups is 2. The second-order valence-corrected chi connectivity index (χ2v) is 6.13. The molecule has 2 atom stereocenters. The number of aliphatic hydroxyl groups is 1. The summed E-state index contributed by atoms with van der Waals surface area (Å²) in [5, 5.41) is 8.73. The highest BCUT2D eigenvalue weighted by Crippen LogP contribution is 2.32. The van der Waals surface area contributed by atoms with E-state index in [2.05, 4.69) is 6.58 Å². The first kappa shape index (κ1) is 22.6. The van der Waals surface area contributed by atoms with E-state index in [9.17, 15) is 9.59 Å². The van der Waals surface area contributed by atoms with Crippen LogP contribution in [0.2, 0.25) is 0 Å². The molecule has 1 N–H and O–H groups in total. The second-order valence-electron chi connectivity index (χ2n) is 6.13. The number of esters is 2. The van der Waals surface area contributed by atoms with Crippen LogP contribution in [0.4, 0.5) is 0 Å². The third-order valence-corrected chi connectivity index (χ3v) is 4.12. The second kappa shape index (κ2) is 12.0. The lowest BCUT2D eigenvalue weighted by molar-refractivity contribution is -0.163. The van der Waals surface area contributed by atoms with Crippen molar-refractivity contribution in [2.75, 3.05) is 40.1 Å². The summed E-state index contributed by atoms with van der Waals surface area (Å²) >= 11 is 0. The first-order chi connectivity index (χ1) is 14.1. The van der Waals surface area contributed by atoms with Crippen LogP contribution in [0, 0.1) is 0 Å². The van der Waals surface area contributed by atoms with Crippen molar-refractivity contribution in [3.63, 3.8) is 0 Å². The van der Waals surface area contributed by atoms with Crippen LogP contribution in [-0.2, 0) is 28.5 Å². The quantitative estimate of drug-likeness (QED) is 0.338. The molecule has 0 saturated heterocycles. The number of rotatable bonds is 11. The fraction of sp³-hybridized carbons (Fsp3) is 0.429. The van der Waals surface area contributed by atoms with Crippen LogP contribution in [0.25, 0.3) is 0 Å². The molecule has 29 heavy (non-hydrogen) atoms. The van der Waals surface area contributed by atoms with Gasteiger partial charge in [0.05, 0.1) is 39.1 Å². The van der Waals surface area contributed by atoms with E-state index in [1.54, 1.807) is 30.3 Å². The van der Waals surface area contributed by atoms with Crippen molar-refractivity contribution in [2.24, 2.45) is 0 Å². The normalized spacial score (nSPS) is 18.3. The van der Waals surface area contributed by atoms with Gasteiger partial charge in [0.25, 0.3) is 0 Å². The lowest BCUT2D eigenvalue weighted by Crippen LogP contribution is -2.29. The molecule has 0 radical (unpaired) electrons. The fourth-order valence-corrected chi connectivity index (χ4v) is 2.73. The van der Waals surface area contributed by atoms with Gasteiger partial charge in [-0.15, -0.1) is 0 Å². The molecule has 0 aromatic heterocycles. The Morgan fingerprint density at radius 1 is 1.21 bits per heavy atom. The molecule has 1 aromatic carbocycles. The Balaban J connectivity index is 2.11. The van der Waals surface area contributed by atoms with E-state index in [0.717, 1.165) is 5.56 Å². The third-order valence-electron chi connectivity index (χ3n) is 4.12. The van der Waals surface area contributed by atoms with Gasteiger partial charge in [0.2, 0.25) is 12.0 Å². The molecule has 0 bridgehead atoms. The van der Waals surface area contributed by atoms with E-state index in [1.807, 2.05) is 0 Å². The number of hydrogen-bond acceptors (Lipinski definition) is 8. The summed E-state index contributed by atoms with van der Waals surface area (Å²) in [5.41, 5.74) is 1.33. The minimum Gasteiger partial charge on any atom is -0.465 e. The van der Waals surface area contributed by atoms with E-state index in [-0.39, 0.29) is 38.1 Å². The summed E-state index contributed by atoms with van der Waals surface area (Å²) < 4.78 is 26.3. The molecule has 0 aliphatic carbocycles. The standard InChI is InChI=1S/C21H26O8/c1-3-9-28-21(24)18-13-17(14-19(29-18)27-12-11-26-10-8-22)15-4-6-16(7-5-15)20(23)25-2/h3-7,13,17,19,22H,1,8-12,14H2,2H3/t17-,19+/m1/s1. The minimum absolute atomic E-state index is 0.0569. The molecular weight excluding hydrogens is 380 g/mol. The van der Waals surface area contributed by atoms with Gasteiger partial charge >= 0.3 is 11.9 Å². The molecule has 0 unspecified atom stereocenters. The molecule has 8 nitrogen and oxygen atoms in total. The van der Waals surface area contributed by atoms with Crippen LogP contribution in [0.5, 0.6) is 0 Å². The van der Waals surface area contributed by atoms with Crippen LogP contribution in [0.3, 0.4) is 0 Å². The Kier molecular flexibility index (Phi) is 9.36. The molecule has 1 heterocycles. The Bertz CT molecular complexity index is 710. The third kappa shape index (κ3) is 7.01. The zero-order valence-corrected chi connectivity index (χ0v) is 16.4. The molecule has 1 aliphatic rings. The molecule has 158 valence electrons. The van der Waals surface area contributed by atoms with Crippen molar-refractivity contribution in [1.29, 1.82) is 0 Å². The minimum atomic E-state index is -0.672. The van der Waals surface area contributed by atoms with Crippen molar-refractivity contribution >= 4 is 11.9 Å². The highest BCUT2D eigenvalue weighted by molar-refractivity contribution is 5.89. The number of hydrogen-bond donors (Lipinski definition) is 1. The van der Waals surface area contributed by atoms with Crippen LogP contribution in [0.15, 0.2) is 48.8 Å². The van der Waals surface area contributed by atoms with Crippen molar-refractivity contribution in [1.82, 2.24) is 0 Å². The van der Waals surface area contributed by atoms with Gasteiger partial charge in [0.1, 0.15) is 6.61 Å². The molecule has 0 fully saturated rings. The maximum absolute atomic E-state index is 12.2. The lowest BCUT2D eigenvalue weighted by atomic mass is 9.92. The van der Waals surface area contributed by atoms with Gasteiger partial charge < -0.3 is 28.8 Å². The van der Waals surface area contributed by atoms with Gasteiger partial charge in [-0.3, -0.25) is 0 Å². The number of allylic oxidation sites excluding steroid dienone is 1. The smallest absolute Gasteiger partial charge is 0.373 e. The SMILES string of the molecule is C=CCOC(=O)C1=C[C@@H](c2ccc(C(=O)OC)cc2)C[C@@H](OCCOCCO)O1. The van der Waals surface area contributed by atoms with Crippen molar-refractivity contribution in [3.8, 4) is 0 Å². The van der Waals surface area contributed by atoms with Gasteiger partial charge in [0.15, 0.2) is 0 Å². The van der Waals surface area contributed by atoms with Crippen molar-refractivity contribution in [3.05, 3.63) is 59.9 Å². The zero-order valence-electron chi connectivity index (χ0n) is 16.4. The average molecular weight is 406 g/mol. The number of ether oxygens (including phenoxy) is 5. The average Bonchev–Trinajstić information content (AvgIpc) is 2.76. The molecule has 1 aliphatic heterocycles. The molecule has 8 heteroatoms. The summed E-state index contributed by atoms with van der Waals surface area (Å²) in [7, 11) is 1.32. The predicted octanol–water partition coefficient (Wildman–Crippen LogP) is 1.94. The Morgan fingerprint density at radius 3 is 2.62 bits per heavy atom. The molecule has 1 aromatic rings. The Labute approximate surface area is 169 Å². The van der Waals surface area contributed by atoms with Gasteiger partial charge in [-0.05, 0) is 23.8 Å². The molecule has 0 saturated carbocycles. The van der Waals surface area contributed by atoms with Gasteiger partial charge in [-0.2, -0.15) is 0 Å². The summed E-state index contributed by atoms with van der Waals surface area (Å²) in [5.74, 6) is -1.14. The first-order valence-corrected chi connectivity index (χ1v) is 9.24. The highest BCUT2D eigenvalue weighted by atomic mass is 16.7. The van der Waals surface area contributed by atoms with Crippen LogP contribution in [-0.4, -0.2) is 63.5 Å². The van der Waals surface area contributed by atoms with Gasteiger partial charge in [-0.25, -0.2) is 9.59 Å². The highest BCUT2D eigenvalue weighted by Gasteiger charge is 2.29. The number of benzene rings is 1. The Morgan fingerprint density at radius 2 is 1.97 bits per heavy atom. The van der Waals surface area contributed by atoms with E-state index in [1.165, 1.54) is 13.2 Å². The van der Waals surface area contributed by atoms with E-state index >= 15 is 0 Å². The van der Waals surface area contributed by atoms with Gasteiger partial charge in [0, 0.05) is 12.3 Å². The van der Waals surface area contributed by atoms with Crippen LogP contribution >= 0.6 is 0 Å². The number of methoxy groups -OCH3 is 1. The van der Waals surface area contributed by atoms with E-state index in [4.69, 9.17) is 28.8 Å².